The molecule has 16 heavy (non-hydrogen) atoms. The number of carbonyl (C=O) groups is 2. The smallest absolute Gasteiger partial charge is 0.341 e. The molecule has 0 saturated heterocycles. The number of hydrogen-bond acceptors (Lipinski definition) is 4. The van der Waals surface area contributed by atoms with Crippen LogP contribution >= 0.6 is 0 Å². The standard InChI is InChI=1S/C12H14O4/c1-3-4-10(13)8-5-6-11(14)9(7-8)12(15)16-2/h5-7,14H,3-4H2,1-2H3. The van der Waals surface area contributed by atoms with E-state index in [1.54, 1.807) is 0 Å². The monoisotopic (exact) mass is 222 g/mol. The van der Waals surface area contributed by atoms with Crippen LogP contribution in [0, 0.1) is 0 Å². The topological polar surface area (TPSA) is 63.6 Å². The number of phenolic OH excluding ortho intramolecular Hbond substituents is 1. The van der Waals surface area contributed by atoms with Crippen molar-refractivity contribution in [3.05, 3.63) is 29.3 Å². The minimum atomic E-state index is -0.649. The summed E-state index contributed by atoms with van der Waals surface area (Å²) in [4.78, 5) is 22.9. The van der Waals surface area contributed by atoms with Crippen molar-refractivity contribution >= 4 is 11.8 Å². The van der Waals surface area contributed by atoms with Gasteiger partial charge in [-0.3, -0.25) is 4.79 Å². The zero-order chi connectivity index (χ0) is 12.1. The first kappa shape index (κ1) is 12.2. The van der Waals surface area contributed by atoms with Gasteiger partial charge in [-0.25, -0.2) is 4.79 Å². The van der Waals surface area contributed by atoms with E-state index in [-0.39, 0.29) is 17.1 Å². The fourth-order valence-electron chi connectivity index (χ4n) is 1.35. The number of ether oxygens (including phenoxy) is 1. The number of aromatic hydroxyl groups is 1. The molecule has 86 valence electrons. The van der Waals surface area contributed by atoms with Crippen molar-refractivity contribution in [2.75, 3.05) is 7.11 Å². The Morgan fingerprint density at radius 3 is 2.62 bits per heavy atom. The van der Waals surface area contributed by atoms with E-state index in [4.69, 9.17) is 0 Å². The highest BCUT2D eigenvalue weighted by Gasteiger charge is 2.14. The van der Waals surface area contributed by atoms with Crippen molar-refractivity contribution in [1.82, 2.24) is 0 Å². The van der Waals surface area contributed by atoms with Gasteiger partial charge in [-0.1, -0.05) is 6.92 Å². The molecule has 0 atom stereocenters. The second-order valence-corrected chi connectivity index (χ2v) is 3.40. The molecule has 0 spiro atoms. The van der Waals surface area contributed by atoms with Crippen molar-refractivity contribution in [2.24, 2.45) is 0 Å². The number of phenols is 1. The molecular formula is C12H14O4. The maximum Gasteiger partial charge on any atom is 0.341 e. The molecule has 0 radical (unpaired) electrons. The number of ketones is 1. The number of benzene rings is 1. The van der Waals surface area contributed by atoms with E-state index in [1.807, 2.05) is 6.92 Å². The Balaban J connectivity index is 3.07. The van der Waals surface area contributed by atoms with E-state index in [9.17, 15) is 14.7 Å². The third-order valence-corrected chi connectivity index (χ3v) is 2.20. The van der Waals surface area contributed by atoms with Gasteiger partial charge in [0, 0.05) is 12.0 Å². The fourth-order valence-corrected chi connectivity index (χ4v) is 1.35. The summed E-state index contributed by atoms with van der Waals surface area (Å²) in [6.45, 7) is 1.90. The molecular weight excluding hydrogens is 208 g/mol. The Morgan fingerprint density at radius 1 is 1.38 bits per heavy atom. The molecule has 0 aromatic heterocycles. The van der Waals surface area contributed by atoms with Crippen LogP contribution in [0.2, 0.25) is 0 Å². The zero-order valence-corrected chi connectivity index (χ0v) is 9.32. The molecule has 1 rings (SSSR count). The molecule has 4 heteroatoms. The van der Waals surface area contributed by atoms with Crippen LogP contribution in [0.15, 0.2) is 18.2 Å². The zero-order valence-electron chi connectivity index (χ0n) is 9.32. The van der Waals surface area contributed by atoms with Crippen LogP contribution in [-0.4, -0.2) is 24.0 Å². The van der Waals surface area contributed by atoms with Gasteiger partial charge in [-0.15, -0.1) is 0 Å². The average Bonchev–Trinajstić information content (AvgIpc) is 2.29. The van der Waals surface area contributed by atoms with Crippen LogP contribution in [0.5, 0.6) is 5.75 Å². The molecule has 0 fully saturated rings. The quantitative estimate of drug-likeness (QED) is 0.626. The lowest BCUT2D eigenvalue weighted by Crippen LogP contribution is -2.05. The number of carbonyl (C=O) groups excluding carboxylic acids is 2. The third-order valence-electron chi connectivity index (χ3n) is 2.20. The minimum Gasteiger partial charge on any atom is -0.507 e. The third kappa shape index (κ3) is 2.59. The number of methoxy groups -OCH3 is 1. The van der Waals surface area contributed by atoms with Gasteiger partial charge in [0.1, 0.15) is 11.3 Å². The minimum absolute atomic E-state index is 0.0180. The van der Waals surface area contributed by atoms with E-state index in [2.05, 4.69) is 4.74 Å². The van der Waals surface area contributed by atoms with Crippen LogP contribution in [0.3, 0.4) is 0 Å². The summed E-state index contributed by atoms with van der Waals surface area (Å²) in [5.74, 6) is -0.879. The summed E-state index contributed by atoms with van der Waals surface area (Å²) in [5, 5.41) is 9.44. The molecule has 0 aliphatic carbocycles. The number of esters is 1. The summed E-state index contributed by atoms with van der Waals surface area (Å²) in [6, 6.07) is 4.19. The van der Waals surface area contributed by atoms with Crippen LogP contribution in [-0.2, 0) is 4.74 Å². The maximum atomic E-state index is 11.6. The Hall–Kier alpha value is -1.84. The molecule has 4 nitrogen and oxygen atoms in total. The molecule has 0 aliphatic heterocycles. The highest BCUT2D eigenvalue weighted by Crippen LogP contribution is 2.20. The van der Waals surface area contributed by atoms with Crippen molar-refractivity contribution in [3.8, 4) is 5.75 Å². The van der Waals surface area contributed by atoms with Crippen molar-refractivity contribution in [3.63, 3.8) is 0 Å². The van der Waals surface area contributed by atoms with Gasteiger partial charge in [-0.2, -0.15) is 0 Å². The van der Waals surface area contributed by atoms with E-state index in [0.29, 0.717) is 12.0 Å². The second-order valence-electron chi connectivity index (χ2n) is 3.40. The SMILES string of the molecule is CCCC(=O)c1ccc(O)c(C(=O)OC)c1. The number of Topliss-reactive ketones (excluding diaryl/α,β-unsaturated/α-hetero) is 1. The predicted octanol–water partition coefficient (Wildman–Crippen LogP) is 2.16. The van der Waals surface area contributed by atoms with Gasteiger partial charge >= 0.3 is 5.97 Å². The van der Waals surface area contributed by atoms with Crippen LogP contribution in [0.1, 0.15) is 40.5 Å². The molecule has 0 saturated carbocycles. The highest BCUT2D eigenvalue weighted by molar-refractivity contribution is 6.00. The molecule has 0 bridgehead atoms. The van der Waals surface area contributed by atoms with E-state index in [1.165, 1.54) is 25.3 Å². The Bertz CT molecular complexity index is 409. The normalized spacial score (nSPS) is 9.88. The largest absolute Gasteiger partial charge is 0.507 e. The van der Waals surface area contributed by atoms with Crippen LogP contribution < -0.4 is 0 Å². The summed E-state index contributed by atoms with van der Waals surface area (Å²) >= 11 is 0. The number of hydrogen-bond donors (Lipinski definition) is 1. The lowest BCUT2D eigenvalue weighted by molar-refractivity contribution is 0.0597. The summed E-state index contributed by atoms with van der Waals surface area (Å²) in [5.41, 5.74) is 0.435. The van der Waals surface area contributed by atoms with Crippen molar-refractivity contribution < 1.29 is 19.4 Å². The van der Waals surface area contributed by atoms with Crippen LogP contribution in [0.25, 0.3) is 0 Å². The average molecular weight is 222 g/mol. The summed E-state index contributed by atoms with van der Waals surface area (Å²) in [7, 11) is 1.22. The lowest BCUT2D eigenvalue weighted by atomic mass is 10.0. The first-order valence-corrected chi connectivity index (χ1v) is 5.04. The second kappa shape index (κ2) is 5.30. The molecule has 0 amide bonds. The first-order chi connectivity index (χ1) is 7.60. The Kier molecular flexibility index (Phi) is 4.05. The molecule has 0 unspecified atom stereocenters. The molecule has 0 aliphatic rings. The lowest BCUT2D eigenvalue weighted by Gasteiger charge is -2.05. The molecule has 1 aromatic rings. The number of rotatable bonds is 4. The van der Waals surface area contributed by atoms with Gasteiger partial charge in [0.15, 0.2) is 5.78 Å². The Labute approximate surface area is 93.9 Å². The van der Waals surface area contributed by atoms with Crippen molar-refractivity contribution in [1.29, 1.82) is 0 Å². The molecule has 0 heterocycles. The van der Waals surface area contributed by atoms with E-state index >= 15 is 0 Å². The predicted molar refractivity (Wildman–Crippen MR) is 58.7 cm³/mol. The fraction of sp³-hybridized carbons (Fsp3) is 0.333. The van der Waals surface area contributed by atoms with Gasteiger partial charge in [-0.05, 0) is 24.6 Å². The maximum absolute atomic E-state index is 11.6. The Morgan fingerprint density at radius 2 is 2.06 bits per heavy atom. The summed E-state index contributed by atoms with van der Waals surface area (Å²) in [6.07, 6.45) is 1.17. The van der Waals surface area contributed by atoms with Gasteiger partial charge in [0.2, 0.25) is 0 Å². The highest BCUT2D eigenvalue weighted by atomic mass is 16.5. The van der Waals surface area contributed by atoms with E-state index < -0.39 is 5.97 Å². The van der Waals surface area contributed by atoms with Crippen LogP contribution in [0.4, 0.5) is 0 Å². The molecule has 1 aromatic carbocycles. The summed E-state index contributed by atoms with van der Waals surface area (Å²) < 4.78 is 4.50. The van der Waals surface area contributed by atoms with Gasteiger partial charge in [0.25, 0.3) is 0 Å². The van der Waals surface area contributed by atoms with Crippen molar-refractivity contribution in [2.45, 2.75) is 19.8 Å². The molecule has 1 N–H and O–H groups in total. The van der Waals surface area contributed by atoms with E-state index in [0.717, 1.165) is 6.42 Å². The van der Waals surface area contributed by atoms with Gasteiger partial charge in [0.05, 0.1) is 7.11 Å². The first-order valence-electron chi connectivity index (χ1n) is 5.04. The van der Waals surface area contributed by atoms with Gasteiger partial charge < -0.3 is 9.84 Å².